The summed E-state index contributed by atoms with van der Waals surface area (Å²) < 4.78 is 11.0. The van der Waals surface area contributed by atoms with Gasteiger partial charge in [0.15, 0.2) is 0 Å². The topological polar surface area (TPSA) is 59.0 Å². The highest BCUT2D eigenvalue weighted by Crippen LogP contribution is 2.30. The van der Waals surface area contributed by atoms with E-state index in [1.165, 1.54) is 0 Å². The monoisotopic (exact) mass is 285 g/mol. The molecule has 116 valence electrons. The molecule has 2 rings (SSSR count). The van der Waals surface area contributed by atoms with E-state index in [2.05, 4.69) is 0 Å². The lowest BCUT2D eigenvalue weighted by molar-refractivity contribution is -0.0777. The molecule has 2 heterocycles. The highest BCUT2D eigenvalue weighted by molar-refractivity contribution is 5.68. The normalized spacial score (nSPS) is 32.0. The second-order valence-electron chi connectivity index (χ2n) is 6.83. The number of rotatable bonds is 1. The second kappa shape index (κ2) is 6.31. The van der Waals surface area contributed by atoms with Gasteiger partial charge in [-0.1, -0.05) is 0 Å². The number of amides is 1. The maximum atomic E-state index is 12.4. The lowest BCUT2D eigenvalue weighted by Crippen LogP contribution is -2.54. The molecular weight excluding hydrogens is 258 g/mol. The van der Waals surface area contributed by atoms with Crippen molar-refractivity contribution in [3.8, 4) is 0 Å². The van der Waals surface area contributed by atoms with Crippen LogP contribution in [0.2, 0.25) is 0 Å². The Morgan fingerprint density at radius 1 is 1.30 bits per heavy atom. The van der Waals surface area contributed by atoms with Gasteiger partial charge in [-0.25, -0.2) is 4.79 Å². The van der Waals surface area contributed by atoms with Gasteiger partial charge in [-0.3, -0.25) is 0 Å². The van der Waals surface area contributed by atoms with Crippen LogP contribution in [0.4, 0.5) is 4.79 Å². The molecule has 5 nitrogen and oxygen atoms in total. The molecule has 1 amide bonds. The van der Waals surface area contributed by atoms with Crippen LogP contribution in [-0.2, 0) is 9.47 Å². The predicted molar refractivity (Wildman–Crippen MR) is 75.5 cm³/mol. The number of nitrogens with zero attached hydrogens (tertiary/aromatic N) is 1. The van der Waals surface area contributed by atoms with Crippen LogP contribution >= 0.6 is 0 Å². The molecule has 0 saturated carbocycles. The van der Waals surface area contributed by atoms with Gasteiger partial charge < -0.3 is 19.5 Å². The second-order valence-corrected chi connectivity index (χ2v) is 6.83. The summed E-state index contributed by atoms with van der Waals surface area (Å²) >= 11 is 0. The fourth-order valence-electron chi connectivity index (χ4n) is 3.07. The Bertz CT molecular complexity index is 339. The lowest BCUT2D eigenvalue weighted by Gasteiger charge is -2.43. The van der Waals surface area contributed by atoms with Gasteiger partial charge in [-0.2, -0.15) is 0 Å². The molecule has 0 bridgehead atoms. The maximum absolute atomic E-state index is 12.4. The number of ether oxygens (including phenoxy) is 2. The quantitative estimate of drug-likeness (QED) is 0.802. The molecule has 0 aromatic heterocycles. The number of aliphatic hydroxyl groups excluding tert-OH is 1. The smallest absolute Gasteiger partial charge is 0.410 e. The first-order valence-electron chi connectivity index (χ1n) is 7.64. The van der Waals surface area contributed by atoms with Crippen molar-refractivity contribution in [2.75, 3.05) is 19.8 Å². The van der Waals surface area contributed by atoms with Crippen molar-refractivity contribution >= 4 is 6.09 Å². The Hall–Kier alpha value is -0.810. The number of piperidine rings is 1. The van der Waals surface area contributed by atoms with Gasteiger partial charge >= 0.3 is 6.09 Å². The van der Waals surface area contributed by atoms with Crippen molar-refractivity contribution in [1.29, 1.82) is 0 Å². The molecule has 2 saturated heterocycles. The first-order chi connectivity index (χ1) is 9.38. The van der Waals surface area contributed by atoms with Gasteiger partial charge in [0.2, 0.25) is 0 Å². The van der Waals surface area contributed by atoms with Crippen LogP contribution in [0.3, 0.4) is 0 Å². The summed E-state index contributed by atoms with van der Waals surface area (Å²) in [5.74, 6) is 0.0107. The van der Waals surface area contributed by atoms with E-state index in [4.69, 9.17) is 9.47 Å². The van der Waals surface area contributed by atoms with E-state index in [9.17, 15) is 9.90 Å². The Morgan fingerprint density at radius 2 is 2.05 bits per heavy atom. The highest BCUT2D eigenvalue weighted by Gasteiger charge is 2.39. The molecule has 2 fully saturated rings. The van der Waals surface area contributed by atoms with E-state index < -0.39 is 5.60 Å². The summed E-state index contributed by atoms with van der Waals surface area (Å²) in [7, 11) is 0. The Kier molecular flexibility index (Phi) is 4.91. The number of likely N-dealkylation sites (tertiary alicyclic amines) is 1. The molecule has 0 spiro atoms. The van der Waals surface area contributed by atoms with Crippen molar-refractivity contribution in [3.05, 3.63) is 0 Å². The zero-order valence-electron chi connectivity index (χ0n) is 12.8. The van der Waals surface area contributed by atoms with Gasteiger partial charge in [0.1, 0.15) is 5.60 Å². The average molecular weight is 285 g/mol. The number of carbonyl (C=O) groups excluding carboxylic acids is 1. The Balaban J connectivity index is 2.06. The molecule has 0 aromatic rings. The third kappa shape index (κ3) is 3.85. The summed E-state index contributed by atoms with van der Waals surface area (Å²) in [5.41, 5.74) is -0.485. The van der Waals surface area contributed by atoms with Gasteiger partial charge in [-0.15, -0.1) is 0 Å². The minimum Gasteiger partial charge on any atom is -0.444 e. The molecule has 20 heavy (non-hydrogen) atoms. The van der Waals surface area contributed by atoms with Gasteiger partial charge in [0.25, 0.3) is 0 Å². The van der Waals surface area contributed by atoms with Crippen LogP contribution in [0.1, 0.15) is 46.5 Å². The third-order valence-electron chi connectivity index (χ3n) is 4.03. The number of hydrogen-bond donors (Lipinski definition) is 1. The van der Waals surface area contributed by atoms with Crippen molar-refractivity contribution in [2.24, 2.45) is 5.92 Å². The standard InChI is InChI=1S/C15H27NO4/c1-15(2,3)20-14(18)16-8-5-4-6-12(16)11-10-19-9-7-13(11)17/h11-13,17H,4-10H2,1-3H3. The Morgan fingerprint density at radius 3 is 2.70 bits per heavy atom. The van der Waals surface area contributed by atoms with E-state index in [0.29, 0.717) is 26.2 Å². The number of carbonyl (C=O) groups is 1. The highest BCUT2D eigenvalue weighted by atomic mass is 16.6. The summed E-state index contributed by atoms with van der Waals surface area (Å²) in [6, 6.07) is 0.0360. The molecule has 2 aliphatic rings. The van der Waals surface area contributed by atoms with Crippen molar-refractivity contribution in [3.63, 3.8) is 0 Å². The van der Waals surface area contributed by atoms with Gasteiger partial charge in [0, 0.05) is 25.1 Å². The lowest BCUT2D eigenvalue weighted by atomic mass is 9.85. The van der Waals surface area contributed by atoms with Crippen LogP contribution in [0.25, 0.3) is 0 Å². The van der Waals surface area contributed by atoms with Crippen LogP contribution < -0.4 is 0 Å². The summed E-state index contributed by atoms with van der Waals surface area (Å²) in [6.45, 7) is 7.48. The van der Waals surface area contributed by atoms with Crippen LogP contribution in [0, 0.1) is 5.92 Å². The molecule has 0 radical (unpaired) electrons. The molecule has 0 aliphatic carbocycles. The zero-order chi connectivity index (χ0) is 14.8. The minimum atomic E-state index is -0.485. The van der Waals surface area contributed by atoms with Gasteiger partial charge in [-0.05, 0) is 46.5 Å². The van der Waals surface area contributed by atoms with E-state index >= 15 is 0 Å². The van der Waals surface area contributed by atoms with E-state index in [1.807, 2.05) is 20.8 Å². The minimum absolute atomic E-state index is 0.0107. The largest absolute Gasteiger partial charge is 0.444 e. The molecule has 3 unspecified atom stereocenters. The first kappa shape index (κ1) is 15.6. The van der Waals surface area contributed by atoms with Gasteiger partial charge in [0.05, 0.1) is 12.7 Å². The van der Waals surface area contributed by atoms with E-state index in [1.54, 1.807) is 4.90 Å². The third-order valence-corrected chi connectivity index (χ3v) is 4.03. The molecule has 2 aliphatic heterocycles. The molecule has 1 N–H and O–H groups in total. The summed E-state index contributed by atoms with van der Waals surface area (Å²) in [4.78, 5) is 14.2. The Labute approximate surface area is 121 Å². The zero-order valence-corrected chi connectivity index (χ0v) is 12.8. The number of hydrogen-bond acceptors (Lipinski definition) is 4. The summed E-state index contributed by atoms with van der Waals surface area (Å²) in [6.07, 6.45) is 3.03. The fourth-order valence-corrected chi connectivity index (χ4v) is 3.07. The SMILES string of the molecule is CC(C)(C)OC(=O)N1CCCCC1C1COCCC1O. The van der Waals surface area contributed by atoms with Crippen LogP contribution in [0.15, 0.2) is 0 Å². The van der Waals surface area contributed by atoms with Crippen LogP contribution in [0.5, 0.6) is 0 Å². The first-order valence-corrected chi connectivity index (χ1v) is 7.64. The number of aliphatic hydroxyl groups is 1. The van der Waals surface area contributed by atoms with Crippen molar-refractivity contribution in [1.82, 2.24) is 4.90 Å². The fraction of sp³-hybridized carbons (Fsp3) is 0.933. The summed E-state index contributed by atoms with van der Waals surface area (Å²) in [5, 5.41) is 10.2. The van der Waals surface area contributed by atoms with Crippen molar-refractivity contribution < 1.29 is 19.4 Å². The molecular formula is C15H27NO4. The average Bonchev–Trinajstić information content (AvgIpc) is 2.37. The maximum Gasteiger partial charge on any atom is 0.410 e. The molecule has 0 aromatic carbocycles. The van der Waals surface area contributed by atoms with Crippen LogP contribution in [-0.4, -0.2) is 53.6 Å². The van der Waals surface area contributed by atoms with Crippen molar-refractivity contribution in [2.45, 2.75) is 64.2 Å². The molecule has 3 atom stereocenters. The molecule has 5 heteroatoms. The predicted octanol–water partition coefficient (Wildman–Crippen LogP) is 2.17. The van der Waals surface area contributed by atoms with E-state index in [0.717, 1.165) is 19.3 Å². The van der Waals surface area contributed by atoms with E-state index in [-0.39, 0.29) is 24.2 Å².